The summed E-state index contributed by atoms with van der Waals surface area (Å²) in [6.45, 7) is 2.16. The summed E-state index contributed by atoms with van der Waals surface area (Å²) < 4.78 is 10.6. The van der Waals surface area contributed by atoms with E-state index in [4.69, 9.17) is 9.15 Å². The third kappa shape index (κ3) is 3.41. The van der Waals surface area contributed by atoms with Gasteiger partial charge in [-0.2, -0.15) is 0 Å². The molecule has 0 aliphatic carbocycles. The van der Waals surface area contributed by atoms with Crippen molar-refractivity contribution in [2.75, 3.05) is 11.5 Å². The Bertz CT molecular complexity index is 896. The molecular weight excluding hydrogens is 336 g/mol. The van der Waals surface area contributed by atoms with E-state index >= 15 is 0 Å². The summed E-state index contributed by atoms with van der Waals surface area (Å²) in [6.07, 6.45) is 5.95. The van der Waals surface area contributed by atoms with Crippen molar-refractivity contribution in [2.45, 2.75) is 6.92 Å². The quantitative estimate of drug-likeness (QED) is 0.660. The molecule has 1 aromatic heterocycles. The number of imide groups is 2. The summed E-state index contributed by atoms with van der Waals surface area (Å²) in [6, 6.07) is 9.26. The van der Waals surface area contributed by atoms with E-state index in [1.807, 2.05) is 0 Å². The first-order valence-electron chi connectivity index (χ1n) is 7.95. The fraction of sp³-hybridized carbons (Fsp3) is 0.105. The summed E-state index contributed by atoms with van der Waals surface area (Å²) in [5.74, 6) is -0.539. The number of hydrogen-bond acceptors (Lipinski definition) is 5. The van der Waals surface area contributed by atoms with E-state index in [0.29, 0.717) is 18.1 Å². The van der Waals surface area contributed by atoms with Crippen LogP contribution >= 0.6 is 0 Å². The largest absolute Gasteiger partial charge is 0.492 e. The molecule has 132 valence electrons. The molecule has 0 bridgehead atoms. The maximum atomic E-state index is 12.8. The summed E-state index contributed by atoms with van der Waals surface area (Å²) in [5.41, 5.74) is 0.101. The Morgan fingerprint density at radius 1 is 1.15 bits per heavy atom. The predicted molar refractivity (Wildman–Crippen MR) is 94.5 cm³/mol. The van der Waals surface area contributed by atoms with Crippen LogP contribution < -0.4 is 15.0 Å². The minimum absolute atomic E-state index is 0.168. The van der Waals surface area contributed by atoms with Crippen LogP contribution in [0.25, 0.3) is 6.08 Å². The van der Waals surface area contributed by atoms with Gasteiger partial charge in [-0.25, -0.2) is 9.69 Å². The second-order valence-corrected chi connectivity index (χ2v) is 5.26. The van der Waals surface area contributed by atoms with Crippen LogP contribution in [0.15, 0.2) is 64.8 Å². The van der Waals surface area contributed by atoms with E-state index < -0.39 is 17.8 Å². The van der Waals surface area contributed by atoms with Gasteiger partial charge in [0.05, 0.1) is 18.6 Å². The van der Waals surface area contributed by atoms with Crippen LogP contribution in [0.2, 0.25) is 0 Å². The van der Waals surface area contributed by atoms with Crippen molar-refractivity contribution >= 4 is 29.6 Å². The van der Waals surface area contributed by atoms with Gasteiger partial charge in [0.1, 0.15) is 17.1 Å². The summed E-state index contributed by atoms with van der Waals surface area (Å²) in [7, 11) is 0. The van der Waals surface area contributed by atoms with Crippen LogP contribution in [0.5, 0.6) is 5.75 Å². The number of nitrogens with one attached hydrogen (secondary N) is 1. The number of rotatable bonds is 5. The van der Waals surface area contributed by atoms with Crippen LogP contribution in [0.3, 0.4) is 0 Å². The van der Waals surface area contributed by atoms with Crippen molar-refractivity contribution in [3.05, 3.63) is 66.1 Å². The number of amides is 4. The molecule has 0 atom stereocenters. The summed E-state index contributed by atoms with van der Waals surface area (Å²) >= 11 is 0. The number of carbonyl (C=O) groups excluding carboxylic acids is 3. The first-order chi connectivity index (χ1) is 12.6. The number of ether oxygens (including phenoxy) is 1. The van der Waals surface area contributed by atoms with Crippen LogP contribution in [0, 0.1) is 0 Å². The molecule has 2 heterocycles. The molecule has 0 spiro atoms. The van der Waals surface area contributed by atoms with Crippen LogP contribution in [0.4, 0.5) is 10.5 Å². The van der Waals surface area contributed by atoms with Crippen LogP contribution in [0.1, 0.15) is 12.7 Å². The molecular formula is C19H16N2O5. The van der Waals surface area contributed by atoms with Crippen LogP contribution in [-0.2, 0) is 9.59 Å². The lowest BCUT2D eigenvalue weighted by atomic mass is 10.1. The molecule has 0 saturated carbocycles. The monoisotopic (exact) mass is 352 g/mol. The van der Waals surface area contributed by atoms with Gasteiger partial charge in [0.15, 0.2) is 0 Å². The standard InChI is InChI=1S/C19H16N2O5/c1-2-25-16-11-4-3-10-15(16)21-18(23)14(17(22)20-19(21)24)9-5-7-13-8-6-12-26-13/h3-12H,2H2,1H3,(H,20,22,24)/b7-5+,14-9+. The lowest BCUT2D eigenvalue weighted by molar-refractivity contribution is -0.122. The second-order valence-electron chi connectivity index (χ2n) is 5.26. The smallest absolute Gasteiger partial charge is 0.336 e. The predicted octanol–water partition coefficient (Wildman–Crippen LogP) is 2.90. The molecule has 26 heavy (non-hydrogen) atoms. The Kier molecular flexibility index (Phi) is 4.98. The number of furan rings is 1. The van der Waals surface area contributed by atoms with Gasteiger partial charge in [-0.1, -0.05) is 18.2 Å². The summed E-state index contributed by atoms with van der Waals surface area (Å²) in [5, 5.41) is 2.17. The van der Waals surface area contributed by atoms with Crippen LogP contribution in [-0.4, -0.2) is 24.5 Å². The zero-order valence-corrected chi connectivity index (χ0v) is 14.0. The highest BCUT2D eigenvalue weighted by molar-refractivity contribution is 6.38. The molecule has 0 unspecified atom stereocenters. The Morgan fingerprint density at radius 2 is 1.96 bits per heavy atom. The van der Waals surface area contributed by atoms with Gasteiger partial charge in [0.2, 0.25) is 0 Å². The van der Waals surface area contributed by atoms with Crippen molar-refractivity contribution in [2.24, 2.45) is 0 Å². The first-order valence-corrected chi connectivity index (χ1v) is 7.95. The van der Waals surface area contributed by atoms with E-state index in [1.165, 1.54) is 18.4 Å². The minimum Gasteiger partial charge on any atom is -0.492 e. The molecule has 1 aromatic carbocycles. The highest BCUT2D eigenvalue weighted by Gasteiger charge is 2.37. The number of urea groups is 1. The average molecular weight is 352 g/mol. The highest BCUT2D eigenvalue weighted by atomic mass is 16.5. The molecule has 1 N–H and O–H groups in total. The number of anilines is 1. The van der Waals surface area contributed by atoms with Crippen molar-refractivity contribution < 1.29 is 23.5 Å². The number of barbiturate groups is 1. The molecule has 7 nitrogen and oxygen atoms in total. The Balaban J connectivity index is 1.93. The zero-order chi connectivity index (χ0) is 18.5. The van der Waals surface area contributed by atoms with Gasteiger partial charge in [-0.05, 0) is 43.3 Å². The number of para-hydroxylation sites is 2. The number of benzene rings is 1. The normalized spacial score (nSPS) is 16.4. The lowest BCUT2D eigenvalue weighted by Crippen LogP contribution is -2.54. The Labute approximate surface area is 149 Å². The van der Waals surface area contributed by atoms with Gasteiger partial charge < -0.3 is 9.15 Å². The molecule has 4 amide bonds. The van der Waals surface area contributed by atoms with Gasteiger partial charge in [-0.15, -0.1) is 0 Å². The molecule has 7 heteroatoms. The Morgan fingerprint density at radius 3 is 2.69 bits per heavy atom. The minimum atomic E-state index is -0.820. The van der Waals surface area contributed by atoms with Crippen molar-refractivity contribution in [3.63, 3.8) is 0 Å². The van der Waals surface area contributed by atoms with Crippen molar-refractivity contribution in [1.29, 1.82) is 0 Å². The lowest BCUT2D eigenvalue weighted by Gasteiger charge is -2.27. The van der Waals surface area contributed by atoms with Gasteiger partial charge in [0, 0.05) is 0 Å². The zero-order valence-electron chi connectivity index (χ0n) is 14.0. The molecule has 1 aliphatic rings. The second kappa shape index (κ2) is 7.52. The maximum absolute atomic E-state index is 12.8. The fourth-order valence-corrected chi connectivity index (χ4v) is 2.44. The fourth-order valence-electron chi connectivity index (χ4n) is 2.44. The van der Waals surface area contributed by atoms with Gasteiger partial charge in [-0.3, -0.25) is 14.9 Å². The number of carbonyl (C=O) groups is 3. The van der Waals surface area contributed by atoms with E-state index in [2.05, 4.69) is 5.32 Å². The van der Waals surface area contributed by atoms with E-state index in [-0.39, 0.29) is 11.3 Å². The third-order valence-electron chi connectivity index (χ3n) is 3.57. The number of hydrogen-bond donors (Lipinski definition) is 1. The molecule has 2 aromatic rings. The summed E-state index contributed by atoms with van der Waals surface area (Å²) in [4.78, 5) is 37.9. The topological polar surface area (TPSA) is 88.8 Å². The van der Waals surface area contributed by atoms with Crippen molar-refractivity contribution in [3.8, 4) is 5.75 Å². The third-order valence-corrected chi connectivity index (χ3v) is 3.57. The first kappa shape index (κ1) is 17.2. The molecule has 1 saturated heterocycles. The Hall–Kier alpha value is -3.61. The highest BCUT2D eigenvalue weighted by Crippen LogP contribution is 2.30. The number of nitrogens with zero attached hydrogens (tertiary/aromatic N) is 1. The maximum Gasteiger partial charge on any atom is 0.336 e. The van der Waals surface area contributed by atoms with Gasteiger partial charge in [0.25, 0.3) is 11.8 Å². The van der Waals surface area contributed by atoms with E-state index in [0.717, 1.165) is 4.90 Å². The average Bonchev–Trinajstić information content (AvgIpc) is 3.13. The van der Waals surface area contributed by atoms with Crippen molar-refractivity contribution in [1.82, 2.24) is 5.32 Å². The molecule has 0 radical (unpaired) electrons. The SMILES string of the molecule is CCOc1ccccc1N1C(=O)NC(=O)/C(=C\C=C\c2ccco2)C1=O. The van der Waals surface area contributed by atoms with Gasteiger partial charge >= 0.3 is 6.03 Å². The molecule has 1 aliphatic heterocycles. The number of allylic oxidation sites excluding steroid dienone is 2. The molecule has 1 fully saturated rings. The van der Waals surface area contributed by atoms with E-state index in [1.54, 1.807) is 49.4 Å². The van der Waals surface area contributed by atoms with E-state index in [9.17, 15) is 14.4 Å². The molecule has 3 rings (SSSR count).